The van der Waals surface area contributed by atoms with E-state index in [2.05, 4.69) is 69.0 Å². The van der Waals surface area contributed by atoms with Crippen molar-refractivity contribution in [3.05, 3.63) is 64.7 Å². The number of fused-ring (bicyclic) bond motifs is 1. The lowest BCUT2D eigenvalue weighted by Crippen LogP contribution is -2.33. The lowest BCUT2D eigenvalue weighted by atomic mass is 9.77. The van der Waals surface area contributed by atoms with Gasteiger partial charge in [0.1, 0.15) is 6.10 Å². The summed E-state index contributed by atoms with van der Waals surface area (Å²) in [6, 6.07) is 15.0. The van der Waals surface area contributed by atoms with Crippen LogP contribution in [-0.4, -0.2) is 31.4 Å². The summed E-state index contributed by atoms with van der Waals surface area (Å²) in [5.41, 5.74) is 6.02. The van der Waals surface area contributed by atoms with Crippen molar-refractivity contribution in [1.29, 1.82) is 0 Å². The molecular formula is C22H28N2O. The van der Waals surface area contributed by atoms with Gasteiger partial charge in [-0.15, -0.1) is 0 Å². The van der Waals surface area contributed by atoms with E-state index in [1.807, 2.05) is 19.5 Å². The van der Waals surface area contributed by atoms with Crippen molar-refractivity contribution < 1.29 is 4.74 Å². The van der Waals surface area contributed by atoms with Crippen molar-refractivity contribution in [2.75, 3.05) is 20.2 Å². The van der Waals surface area contributed by atoms with Crippen LogP contribution in [0.4, 0.5) is 5.69 Å². The van der Waals surface area contributed by atoms with Crippen LogP contribution in [-0.2, 0) is 10.2 Å². The molecule has 0 bridgehead atoms. The third-order valence-electron chi connectivity index (χ3n) is 4.99. The molecule has 1 unspecified atom stereocenters. The molecule has 1 heterocycles. The Morgan fingerprint density at radius 2 is 1.96 bits per heavy atom. The van der Waals surface area contributed by atoms with Gasteiger partial charge >= 0.3 is 0 Å². The van der Waals surface area contributed by atoms with Gasteiger partial charge in [0.25, 0.3) is 0 Å². The van der Waals surface area contributed by atoms with Crippen molar-refractivity contribution in [3.63, 3.8) is 0 Å². The Morgan fingerprint density at radius 3 is 2.64 bits per heavy atom. The van der Waals surface area contributed by atoms with Gasteiger partial charge in [0.2, 0.25) is 0 Å². The largest absolute Gasteiger partial charge is 0.368 e. The normalized spacial score (nSPS) is 19.0. The van der Waals surface area contributed by atoms with Gasteiger partial charge in [-0.05, 0) is 42.2 Å². The summed E-state index contributed by atoms with van der Waals surface area (Å²) >= 11 is 0. The fraction of sp³-hybridized carbons (Fsp3) is 0.409. The molecule has 3 rings (SSSR count). The topological polar surface area (TPSA) is 24.8 Å². The van der Waals surface area contributed by atoms with Gasteiger partial charge in [-0.1, -0.05) is 50.2 Å². The van der Waals surface area contributed by atoms with E-state index in [1.165, 1.54) is 22.3 Å². The second kappa shape index (κ2) is 7.01. The molecule has 0 fully saturated rings. The first-order valence-electron chi connectivity index (χ1n) is 8.98. The Kier molecular flexibility index (Phi) is 4.96. The lowest BCUT2D eigenvalue weighted by Gasteiger charge is -2.38. The first-order valence-corrected chi connectivity index (χ1v) is 8.98. The van der Waals surface area contributed by atoms with Crippen LogP contribution in [0.5, 0.6) is 0 Å². The van der Waals surface area contributed by atoms with Gasteiger partial charge in [0.15, 0.2) is 0 Å². The zero-order valence-electron chi connectivity index (χ0n) is 15.9. The highest BCUT2D eigenvalue weighted by Crippen LogP contribution is 2.43. The van der Waals surface area contributed by atoms with Gasteiger partial charge < -0.3 is 9.64 Å². The van der Waals surface area contributed by atoms with E-state index in [-0.39, 0.29) is 11.5 Å². The average molecular weight is 336 g/mol. The quantitative estimate of drug-likeness (QED) is 0.579. The Bertz CT molecular complexity index is 765. The highest BCUT2D eigenvalue weighted by atomic mass is 16.5. The van der Waals surface area contributed by atoms with Crippen LogP contribution in [0, 0.1) is 6.92 Å². The number of benzene rings is 2. The number of aryl methyl sites for hydroxylation is 1. The maximum absolute atomic E-state index is 6.27. The molecule has 0 radical (unpaired) electrons. The predicted molar refractivity (Wildman–Crippen MR) is 105 cm³/mol. The summed E-state index contributed by atoms with van der Waals surface area (Å²) in [5, 5.41) is 0. The Hall–Kier alpha value is -2.13. The van der Waals surface area contributed by atoms with E-state index in [0.29, 0.717) is 6.61 Å². The van der Waals surface area contributed by atoms with Crippen LogP contribution in [0.1, 0.15) is 49.1 Å². The molecule has 0 amide bonds. The molecule has 3 heteroatoms. The summed E-state index contributed by atoms with van der Waals surface area (Å²) in [5.74, 6) is 0. The molecule has 0 aromatic heterocycles. The molecule has 3 nitrogen and oxygen atoms in total. The average Bonchev–Trinajstić information content (AvgIpc) is 2.60. The highest BCUT2D eigenvalue weighted by molar-refractivity contribution is 5.65. The fourth-order valence-corrected chi connectivity index (χ4v) is 3.27. The predicted octanol–water partition coefficient (Wildman–Crippen LogP) is 5.00. The summed E-state index contributed by atoms with van der Waals surface area (Å²) in [4.78, 5) is 6.79. The third kappa shape index (κ3) is 3.62. The molecule has 2 aromatic carbocycles. The Labute approximate surface area is 151 Å². The molecule has 0 aliphatic carbocycles. The number of ether oxygens (including phenoxy) is 1. The van der Waals surface area contributed by atoms with Crippen LogP contribution in [0.25, 0.3) is 0 Å². The molecule has 0 saturated carbocycles. The molecule has 1 atom stereocenters. The number of rotatable bonds is 4. The van der Waals surface area contributed by atoms with E-state index in [0.717, 1.165) is 12.2 Å². The molecule has 2 aromatic rings. The summed E-state index contributed by atoms with van der Waals surface area (Å²) in [6.07, 6.45) is 1.91. The van der Waals surface area contributed by atoms with Crippen molar-refractivity contribution in [2.45, 2.75) is 39.2 Å². The minimum atomic E-state index is -0.0186. The second-order valence-corrected chi connectivity index (χ2v) is 7.53. The molecule has 25 heavy (non-hydrogen) atoms. The molecule has 132 valence electrons. The maximum Gasteiger partial charge on any atom is 0.108 e. The number of hydrogen-bond donors (Lipinski definition) is 0. The maximum atomic E-state index is 6.27. The van der Waals surface area contributed by atoms with Crippen molar-refractivity contribution in [1.82, 2.24) is 4.90 Å². The minimum Gasteiger partial charge on any atom is -0.368 e. The molecule has 0 spiro atoms. The summed E-state index contributed by atoms with van der Waals surface area (Å²) in [7, 11) is 2.04. The van der Waals surface area contributed by atoms with Gasteiger partial charge in [-0.2, -0.15) is 0 Å². The van der Waals surface area contributed by atoms with Crippen LogP contribution in [0.2, 0.25) is 0 Å². The number of aliphatic imine (C=N–C) groups is 1. The van der Waals surface area contributed by atoms with E-state index in [4.69, 9.17) is 9.73 Å². The van der Waals surface area contributed by atoms with Crippen LogP contribution in [0.3, 0.4) is 0 Å². The van der Waals surface area contributed by atoms with E-state index in [9.17, 15) is 0 Å². The van der Waals surface area contributed by atoms with Crippen LogP contribution >= 0.6 is 0 Å². The summed E-state index contributed by atoms with van der Waals surface area (Å²) < 4.78 is 6.27. The monoisotopic (exact) mass is 336 g/mol. The van der Waals surface area contributed by atoms with Crippen molar-refractivity contribution in [2.24, 2.45) is 4.99 Å². The van der Waals surface area contributed by atoms with Gasteiger partial charge in [0, 0.05) is 19.0 Å². The van der Waals surface area contributed by atoms with Gasteiger partial charge in [-0.3, -0.25) is 0 Å². The zero-order valence-corrected chi connectivity index (χ0v) is 15.9. The molecule has 1 aliphatic heterocycles. The minimum absolute atomic E-state index is 0.000676. The molecule has 0 N–H and O–H groups in total. The summed E-state index contributed by atoms with van der Waals surface area (Å²) in [6.45, 7) is 10.4. The molecule has 0 saturated heterocycles. The third-order valence-corrected chi connectivity index (χ3v) is 4.99. The standard InChI is InChI=1S/C22H28N2O/c1-6-24(5)15-23-20-13-19-18(12-16(20)2)21(25-14-22(19,3)4)17-10-8-7-9-11-17/h7-13,15,21H,6,14H2,1-5H3. The van der Waals surface area contributed by atoms with Crippen LogP contribution in [0.15, 0.2) is 47.5 Å². The lowest BCUT2D eigenvalue weighted by molar-refractivity contribution is 0.0300. The first kappa shape index (κ1) is 17.7. The molecule has 1 aliphatic rings. The number of nitrogens with zero attached hydrogens (tertiary/aromatic N) is 2. The van der Waals surface area contributed by atoms with Crippen LogP contribution < -0.4 is 0 Å². The Balaban J connectivity index is 2.07. The van der Waals surface area contributed by atoms with Crippen molar-refractivity contribution >= 4 is 12.0 Å². The van der Waals surface area contributed by atoms with E-state index < -0.39 is 0 Å². The first-order chi connectivity index (χ1) is 11.9. The second-order valence-electron chi connectivity index (χ2n) is 7.53. The van der Waals surface area contributed by atoms with E-state index >= 15 is 0 Å². The fourth-order valence-electron chi connectivity index (χ4n) is 3.27. The number of hydrogen-bond acceptors (Lipinski definition) is 2. The Morgan fingerprint density at radius 1 is 1.24 bits per heavy atom. The van der Waals surface area contributed by atoms with Gasteiger partial charge in [0.05, 0.1) is 18.6 Å². The zero-order chi connectivity index (χ0) is 18.0. The smallest absolute Gasteiger partial charge is 0.108 e. The van der Waals surface area contributed by atoms with Crippen molar-refractivity contribution in [3.8, 4) is 0 Å². The molecular weight excluding hydrogens is 308 g/mol. The highest BCUT2D eigenvalue weighted by Gasteiger charge is 2.34. The van der Waals surface area contributed by atoms with Gasteiger partial charge in [-0.25, -0.2) is 4.99 Å². The SMILES string of the molecule is CCN(C)C=Nc1cc2c(cc1C)C(c1ccccc1)OCC2(C)C. The van der Waals surface area contributed by atoms with E-state index in [1.54, 1.807) is 0 Å².